The van der Waals surface area contributed by atoms with Gasteiger partial charge < -0.3 is 15.0 Å². The van der Waals surface area contributed by atoms with Crippen molar-refractivity contribution in [1.82, 2.24) is 35.2 Å². The molecule has 6 aromatic rings. The molecule has 184 valence electrons. The number of rotatable bonds is 8. The molecule has 9 heteroatoms. The lowest BCUT2D eigenvalue weighted by Crippen LogP contribution is -2.09. The zero-order valence-corrected chi connectivity index (χ0v) is 20.6. The number of nitrogens with one attached hydrogen (secondary N) is 2. The van der Waals surface area contributed by atoms with Gasteiger partial charge in [0.05, 0.1) is 19.5 Å². The molecule has 0 atom stereocenters. The Labute approximate surface area is 213 Å². The van der Waals surface area contributed by atoms with Gasteiger partial charge in [0.1, 0.15) is 23.0 Å². The van der Waals surface area contributed by atoms with Crippen molar-refractivity contribution in [2.75, 3.05) is 19.0 Å². The van der Waals surface area contributed by atoms with Gasteiger partial charge in [-0.05, 0) is 53.1 Å². The van der Waals surface area contributed by atoms with Crippen LogP contribution in [0.1, 0.15) is 17.0 Å². The largest absolute Gasteiger partial charge is 0.497 e. The van der Waals surface area contributed by atoms with E-state index in [1.807, 2.05) is 42.5 Å². The van der Waals surface area contributed by atoms with Crippen LogP contribution < -0.4 is 10.1 Å². The van der Waals surface area contributed by atoms with E-state index in [4.69, 9.17) is 14.7 Å². The molecular weight excluding hydrogens is 464 g/mol. The second-order valence-electron chi connectivity index (χ2n) is 8.89. The first-order valence-corrected chi connectivity index (χ1v) is 12.1. The van der Waals surface area contributed by atoms with Gasteiger partial charge >= 0.3 is 0 Å². The van der Waals surface area contributed by atoms with E-state index in [9.17, 15) is 0 Å². The van der Waals surface area contributed by atoms with E-state index in [1.165, 1.54) is 10.4 Å². The Kier molecular flexibility index (Phi) is 5.94. The van der Waals surface area contributed by atoms with Crippen molar-refractivity contribution in [3.8, 4) is 17.1 Å². The number of ether oxygens (including phenoxy) is 1. The SMILES string of the molecule is COc1ccc(CCNc2nc(Cc3ccccc3)nc3[nH]c4ccc(-c5nnn(C)n5)cc4c23)cc1. The minimum Gasteiger partial charge on any atom is -0.497 e. The molecule has 0 amide bonds. The molecular formula is C28H26N8O. The lowest BCUT2D eigenvalue weighted by atomic mass is 10.1. The van der Waals surface area contributed by atoms with Crippen molar-refractivity contribution >= 4 is 27.8 Å². The first-order chi connectivity index (χ1) is 18.2. The summed E-state index contributed by atoms with van der Waals surface area (Å²) in [5.41, 5.74) is 5.05. The number of nitrogens with zero attached hydrogens (tertiary/aromatic N) is 6. The van der Waals surface area contributed by atoms with Crippen LogP contribution in [0, 0.1) is 0 Å². The summed E-state index contributed by atoms with van der Waals surface area (Å²) in [5.74, 6) is 2.99. The van der Waals surface area contributed by atoms with Crippen molar-refractivity contribution in [1.29, 1.82) is 0 Å². The molecule has 0 spiro atoms. The number of aryl methyl sites for hydroxylation is 1. The Bertz CT molecular complexity index is 1670. The highest BCUT2D eigenvalue weighted by Crippen LogP contribution is 2.32. The third-order valence-electron chi connectivity index (χ3n) is 6.33. The number of hydrogen-bond acceptors (Lipinski definition) is 7. The van der Waals surface area contributed by atoms with E-state index < -0.39 is 0 Å². The Morgan fingerprint density at radius 1 is 0.946 bits per heavy atom. The third-order valence-corrected chi connectivity index (χ3v) is 6.33. The number of fused-ring (bicyclic) bond motifs is 3. The van der Waals surface area contributed by atoms with Crippen molar-refractivity contribution in [3.63, 3.8) is 0 Å². The van der Waals surface area contributed by atoms with E-state index in [1.54, 1.807) is 14.2 Å². The Morgan fingerprint density at radius 2 is 1.78 bits per heavy atom. The summed E-state index contributed by atoms with van der Waals surface area (Å²) in [6, 6.07) is 24.5. The minimum atomic E-state index is 0.578. The Morgan fingerprint density at radius 3 is 2.54 bits per heavy atom. The smallest absolute Gasteiger partial charge is 0.204 e. The van der Waals surface area contributed by atoms with Crippen LogP contribution in [0.2, 0.25) is 0 Å². The number of H-pyrrole nitrogens is 1. The highest BCUT2D eigenvalue weighted by atomic mass is 16.5. The summed E-state index contributed by atoms with van der Waals surface area (Å²) in [4.78, 5) is 14.8. The van der Waals surface area contributed by atoms with Gasteiger partial charge in [0.2, 0.25) is 5.82 Å². The number of aromatic nitrogens is 7. The average Bonchev–Trinajstić information content (AvgIpc) is 3.52. The lowest BCUT2D eigenvalue weighted by Gasteiger charge is -2.10. The minimum absolute atomic E-state index is 0.578. The third kappa shape index (κ3) is 4.71. The highest BCUT2D eigenvalue weighted by Gasteiger charge is 2.16. The van der Waals surface area contributed by atoms with Crippen LogP contribution in [0.15, 0.2) is 72.8 Å². The van der Waals surface area contributed by atoms with Crippen LogP contribution in [0.5, 0.6) is 5.75 Å². The summed E-state index contributed by atoms with van der Waals surface area (Å²) in [6.45, 7) is 0.724. The maximum absolute atomic E-state index is 5.28. The topological polar surface area (TPSA) is 106 Å². The zero-order chi connectivity index (χ0) is 25.2. The average molecular weight is 491 g/mol. The molecule has 9 nitrogen and oxygen atoms in total. The quantitative estimate of drug-likeness (QED) is 0.322. The molecule has 0 fully saturated rings. The van der Waals surface area contributed by atoms with Gasteiger partial charge in [-0.3, -0.25) is 0 Å². The van der Waals surface area contributed by atoms with E-state index in [0.29, 0.717) is 12.2 Å². The predicted octanol–water partition coefficient (Wildman–Crippen LogP) is 4.56. The molecule has 37 heavy (non-hydrogen) atoms. The number of methoxy groups -OCH3 is 1. The Hall–Kier alpha value is -4.79. The van der Waals surface area contributed by atoms with Gasteiger partial charge in [-0.25, -0.2) is 9.97 Å². The van der Waals surface area contributed by atoms with E-state index in [0.717, 1.165) is 63.4 Å². The van der Waals surface area contributed by atoms with Gasteiger partial charge in [0, 0.05) is 29.4 Å². The molecule has 0 saturated carbocycles. The van der Waals surface area contributed by atoms with Gasteiger partial charge in [-0.1, -0.05) is 42.5 Å². The van der Waals surface area contributed by atoms with Crippen molar-refractivity contribution in [2.24, 2.45) is 7.05 Å². The fraction of sp³-hybridized carbons (Fsp3) is 0.179. The fourth-order valence-electron chi connectivity index (χ4n) is 4.48. The molecule has 0 unspecified atom stereocenters. The summed E-state index contributed by atoms with van der Waals surface area (Å²) in [5, 5.41) is 18.1. The van der Waals surface area contributed by atoms with E-state index in [-0.39, 0.29) is 0 Å². The fourth-order valence-corrected chi connectivity index (χ4v) is 4.48. The summed E-state index contributed by atoms with van der Waals surface area (Å²) in [6.07, 6.45) is 1.49. The van der Waals surface area contributed by atoms with Crippen molar-refractivity contribution in [2.45, 2.75) is 12.8 Å². The molecule has 0 aliphatic carbocycles. The van der Waals surface area contributed by atoms with Crippen molar-refractivity contribution in [3.05, 3.63) is 89.7 Å². The number of benzene rings is 3. The predicted molar refractivity (Wildman–Crippen MR) is 144 cm³/mol. The first kappa shape index (κ1) is 22.7. The zero-order valence-electron chi connectivity index (χ0n) is 20.6. The van der Waals surface area contributed by atoms with Crippen LogP contribution in [0.25, 0.3) is 33.3 Å². The van der Waals surface area contributed by atoms with Crippen LogP contribution in [0.3, 0.4) is 0 Å². The molecule has 3 aromatic carbocycles. The second-order valence-corrected chi connectivity index (χ2v) is 8.89. The van der Waals surface area contributed by atoms with Gasteiger partial charge in [-0.2, -0.15) is 4.80 Å². The van der Waals surface area contributed by atoms with Crippen LogP contribution in [-0.4, -0.2) is 48.8 Å². The molecule has 3 aromatic heterocycles. The maximum atomic E-state index is 5.28. The highest BCUT2D eigenvalue weighted by molar-refractivity contribution is 6.12. The van der Waals surface area contributed by atoms with E-state index >= 15 is 0 Å². The molecule has 0 bridgehead atoms. The standard InChI is InChI=1S/C28H26N8O/c1-36-34-26(33-35-36)20-10-13-23-22(17-20)25-27(29-15-14-18-8-11-21(37-2)12-9-18)31-24(32-28(25)30-23)16-19-6-4-3-5-7-19/h3-13,17H,14-16H2,1-2H3,(H2,29,30,31,32). The molecule has 3 heterocycles. The van der Waals surface area contributed by atoms with Gasteiger partial charge in [0.25, 0.3) is 0 Å². The summed E-state index contributed by atoms with van der Waals surface area (Å²) >= 11 is 0. The summed E-state index contributed by atoms with van der Waals surface area (Å²) < 4.78 is 5.28. The Balaban J connectivity index is 1.38. The molecule has 0 saturated heterocycles. The number of aromatic amines is 1. The molecule has 0 aliphatic heterocycles. The molecule has 0 radical (unpaired) electrons. The van der Waals surface area contributed by atoms with Gasteiger partial charge in [-0.15, -0.1) is 10.2 Å². The lowest BCUT2D eigenvalue weighted by molar-refractivity contribution is 0.414. The van der Waals surface area contributed by atoms with Crippen LogP contribution in [0.4, 0.5) is 5.82 Å². The molecule has 0 aliphatic rings. The first-order valence-electron chi connectivity index (χ1n) is 12.1. The molecule has 6 rings (SSSR count). The van der Waals surface area contributed by atoms with Gasteiger partial charge in [0.15, 0.2) is 0 Å². The van der Waals surface area contributed by atoms with Crippen LogP contribution >= 0.6 is 0 Å². The van der Waals surface area contributed by atoms with Crippen molar-refractivity contribution < 1.29 is 4.74 Å². The van der Waals surface area contributed by atoms with E-state index in [2.05, 4.69) is 56.0 Å². The number of anilines is 1. The summed E-state index contributed by atoms with van der Waals surface area (Å²) in [7, 11) is 3.44. The number of hydrogen-bond donors (Lipinski definition) is 2. The monoisotopic (exact) mass is 490 g/mol. The molecule has 2 N–H and O–H groups in total. The normalized spacial score (nSPS) is 11.3. The van der Waals surface area contributed by atoms with Crippen LogP contribution in [-0.2, 0) is 19.9 Å². The number of tetrazole rings is 1. The second kappa shape index (κ2) is 9.69. The maximum Gasteiger partial charge on any atom is 0.204 e.